The number of aliphatic hydroxyl groups is 1. The summed E-state index contributed by atoms with van der Waals surface area (Å²) in [5, 5.41) is 9.42. The van der Waals surface area contributed by atoms with Crippen LogP contribution in [-0.4, -0.2) is 29.2 Å². The van der Waals surface area contributed by atoms with Gasteiger partial charge in [0.2, 0.25) is 0 Å². The highest BCUT2D eigenvalue weighted by Gasteiger charge is 2.23. The highest BCUT2D eigenvalue weighted by atomic mass is 16.3. The van der Waals surface area contributed by atoms with Crippen molar-refractivity contribution >= 4 is 0 Å². The monoisotopic (exact) mass is 333 g/mol. The Balaban J connectivity index is 1.61. The molecule has 0 spiro atoms. The molecule has 0 aliphatic carbocycles. The summed E-state index contributed by atoms with van der Waals surface area (Å²) in [6.45, 7) is 4.46. The second-order valence-electron chi connectivity index (χ2n) is 6.84. The van der Waals surface area contributed by atoms with Gasteiger partial charge in [-0.25, -0.2) is 0 Å². The predicted octanol–water partition coefficient (Wildman–Crippen LogP) is 4.00. The van der Waals surface area contributed by atoms with E-state index in [1.165, 1.54) is 24.0 Å². The number of rotatable bonds is 5. The summed E-state index contributed by atoms with van der Waals surface area (Å²) in [5.74, 6) is 6.50. The number of nitrogens with zero attached hydrogens (tertiary/aromatic N) is 1. The van der Waals surface area contributed by atoms with E-state index in [1.54, 1.807) is 0 Å². The second kappa shape index (κ2) is 8.85. The van der Waals surface area contributed by atoms with E-state index in [-0.39, 0.29) is 6.61 Å². The number of benzene rings is 2. The predicted molar refractivity (Wildman–Crippen MR) is 103 cm³/mol. The van der Waals surface area contributed by atoms with E-state index in [4.69, 9.17) is 0 Å². The fourth-order valence-electron chi connectivity index (χ4n) is 3.43. The van der Waals surface area contributed by atoms with E-state index in [2.05, 4.69) is 72.2 Å². The Labute approximate surface area is 151 Å². The molecule has 0 aromatic heterocycles. The molecule has 0 amide bonds. The minimum absolute atomic E-state index is 0.264. The van der Waals surface area contributed by atoms with E-state index >= 15 is 0 Å². The van der Waals surface area contributed by atoms with Gasteiger partial charge in [-0.1, -0.05) is 49.5 Å². The topological polar surface area (TPSA) is 23.5 Å². The lowest BCUT2D eigenvalue weighted by Gasteiger charge is -2.22. The van der Waals surface area contributed by atoms with Crippen LogP contribution < -0.4 is 0 Å². The van der Waals surface area contributed by atoms with Gasteiger partial charge < -0.3 is 5.11 Å². The number of likely N-dealkylation sites (tertiary alicyclic amines) is 1. The molecule has 2 nitrogen and oxygen atoms in total. The molecule has 0 bridgehead atoms. The maximum Gasteiger partial charge on any atom is 0.0587 e. The average molecular weight is 333 g/mol. The molecule has 0 saturated carbocycles. The van der Waals surface area contributed by atoms with Crippen LogP contribution >= 0.6 is 0 Å². The number of aliphatic hydroxyl groups excluding tert-OH is 1. The van der Waals surface area contributed by atoms with Gasteiger partial charge >= 0.3 is 0 Å². The van der Waals surface area contributed by atoms with Crippen molar-refractivity contribution in [3.05, 3.63) is 70.8 Å². The molecule has 3 rings (SSSR count). The summed E-state index contributed by atoms with van der Waals surface area (Å²) >= 11 is 0. The van der Waals surface area contributed by atoms with Crippen LogP contribution in [0.15, 0.2) is 48.5 Å². The van der Waals surface area contributed by atoms with Crippen molar-refractivity contribution in [3.63, 3.8) is 0 Å². The molecule has 25 heavy (non-hydrogen) atoms. The van der Waals surface area contributed by atoms with Crippen molar-refractivity contribution in [1.82, 2.24) is 4.90 Å². The fraction of sp³-hybridized carbons (Fsp3) is 0.391. The van der Waals surface area contributed by atoms with Crippen LogP contribution in [0.4, 0.5) is 0 Å². The van der Waals surface area contributed by atoms with Crippen LogP contribution in [0.3, 0.4) is 0 Å². The van der Waals surface area contributed by atoms with Crippen molar-refractivity contribution < 1.29 is 5.11 Å². The Kier molecular flexibility index (Phi) is 6.28. The summed E-state index contributed by atoms with van der Waals surface area (Å²) in [5.41, 5.74) is 4.77. The normalized spacial score (nSPS) is 17.3. The van der Waals surface area contributed by atoms with E-state index in [1.807, 2.05) is 0 Å². The number of aryl methyl sites for hydroxylation is 1. The number of hydrogen-bond donors (Lipinski definition) is 1. The van der Waals surface area contributed by atoms with E-state index in [9.17, 15) is 5.11 Å². The average Bonchev–Trinajstić information content (AvgIpc) is 3.10. The highest BCUT2D eigenvalue weighted by molar-refractivity contribution is 5.44. The van der Waals surface area contributed by atoms with Crippen LogP contribution in [-0.2, 0) is 13.0 Å². The van der Waals surface area contributed by atoms with E-state index in [0.29, 0.717) is 6.04 Å². The largest absolute Gasteiger partial charge is 0.395 e. The van der Waals surface area contributed by atoms with Crippen molar-refractivity contribution in [3.8, 4) is 11.8 Å². The Hall–Kier alpha value is -2.08. The molecular weight excluding hydrogens is 306 g/mol. The molecule has 1 N–H and O–H groups in total. The summed E-state index contributed by atoms with van der Waals surface area (Å²) in [6, 6.07) is 17.4. The molecule has 2 aromatic carbocycles. The molecule has 130 valence electrons. The second-order valence-corrected chi connectivity index (χ2v) is 6.84. The van der Waals surface area contributed by atoms with Crippen molar-refractivity contribution in [2.75, 3.05) is 13.2 Å². The lowest BCUT2D eigenvalue weighted by molar-refractivity contribution is 0.153. The van der Waals surface area contributed by atoms with Crippen molar-refractivity contribution in [1.29, 1.82) is 0 Å². The van der Waals surface area contributed by atoms with Crippen LogP contribution in [0.2, 0.25) is 0 Å². The van der Waals surface area contributed by atoms with Crippen LogP contribution in [0.5, 0.6) is 0 Å². The van der Waals surface area contributed by atoms with E-state index < -0.39 is 0 Å². The molecule has 1 aliphatic rings. The third-order valence-electron chi connectivity index (χ3n) is 4.89. The molecule has 1 heterocycles. The highest BCUT2D eigenvalue weighted by Crippen LogP contribution is 2.19. The first-order valence-corrected chi connectivity index (χ1v) is 9.33. The third-order valence-corrected chi connectivity index (χ3v) is 4.89. The molecule has 1 atom stereocenters. The lowest BCUT2D eigenvalue weighted by Crippen LogP contribution is -2.31. The maximum absolute atomic E-state index is 9.42. The minimum Gasteiger partial charge on any atom is -0.395 e. The summed E-state index contributed by atoms with van der Waals surface area (Å²) < 4.78 is 0. The Morgan fingerprint density at radius 1 is 0.960 bits per heavy atom. The van der Waals surface area contributed by atoms with Gasteiger partial charge in [-0.15, -0.1) is 0 Å². The standard InChI is InChI=1S/C23H27NO/c1-2-4-19-6-8-20(9-7-19)10-11-21-12-14-22(15-13-21)17-24-16-3-5-23(24)18-25/h6-9,12-15,23,25H,2-5,16-18H2,1H3/t23-/m1/s1. The SMILES string of the molecule is CCCc1ccc(C#Cc2ccc(CN3CCC[C@@H]3CO)cc2)cc1. The Morgan fingerprint density at radius 2 is 1.56 bits per heavy atom. The molecule has 2 aromatic rings. The summed E-state index contributed by atoms with van der Waals surface area (Å²) in [4.78, 5) is 2.37. The summed E-state index contributed by atoms with van der Waals surface area (Å²) in [6.07, 6.45) is 4.60. The van der Waals surface area contributed by atoms with Crippen molar-refractivity contribution in [2.45, 2.75) is 45.2 Å². The van der Waals surface area contributed by atoms with Gasteiger partial charge in [0.05, 0.1) is 6.61 Å². The fourth-order valence-corrected chi connectivity index (χ4v) is 3.43. The first kappa shape index (κ1) is 17.7. The zero-order valence-electron chi connectivity index (χ0n) is 15.0. The quantitative estimate of drug-likeness (QED) is 0.836. The molecule has 1 aliphatic heterocycles. The van der Waals surface area contributed by atoms with Crippen LogP contribution in [0, 0.1) is 11.8 Å². The van der Waals surface area contributed by atoms with Gasteiger partial charge in [-0.05, 0) is 61.2 Å². The van der Waals surface area contributed by atoms with Gasteiger partial charge in [-0.3, -0.25) is 4.90 Å². The minimum atomic E-state index is 0.264. The zero-order chi connectivity index (χ0) is 17.5. The Bertz CT molecular complexity index is 721. The van der Waals surface area contributed by atoms with Gasteiger partial charge in [0, 0.05) is 23.7 Å². The van der Waals surface area contributed by atoms with Gasteiger partial charge in [0.1, 0.15) is 0 Å². The maximum atomic E-state index is 9.42. The molecular formula is C23H27NO. The summed E-state index contributed by atoms with van der Waals surface area (Å²) in [7, 11) is 0. The van der Waals surface area contributed by atoms with Crippen LogP contribution in [0.25, 0.3) is 0 Å². The molecule has 0 unspecified atom stereocenters. The smallest absolute Gasteiger partial charge is 0.0587 e. The molecule has 0 radical (unpaired) electrons. The molecule has 2 heteroatoms. The first-order chi connectivity index (χ1) is 12.3. The van der Waals surface area contributed by atoms with E-state index in [0.717, 1.165) is 37.1 Å². The van der Waals surface area contributed by atoms with Gasteiger partial charge in [0.25, 0.3) is 0 Å². The van der Waals surface area contributed by atoms with Crippen LogP contribution in [0.1, 0.15) is 48.4 Å². The molecule has 1 saturated heterocycles. The lowest BCUT2D eigenvalue weighted by atomic mass is 10.1. The van der Waals surface area contributed by atoms with Gasteiger partial charge in [0.15, 0.2) is 0 Å². The third kappa shape index (κ3) is 4.95. The number of hydrogen-bond acceptors (Lipinski definition) is 2. The molecule has 1 fully saturated rings. The first-order valence-electron chi connectivity index (χ1n) is 9.33. The van der Waals surface area contributed by atoms with Crippen molar-refractivity contribution in [2.24, 2.45) is 0 Å². The zero-order valence-corrected chi connectivity index (χ0v) is 15.0. The Morgan fingerprint density at radius 3 is 2.12 bits per heavy atom. The van der Waals surface area contributed by atoms with Gasteiger partial charge in [-0.2, -0.15) is 0 Å².